The number of carbonyl (C=O) groups excluding carboxylic acids is 1. The van der Waals surface area contributed by atoms with Crippen molar-refractivity contribution in [3.05, 3.63) is 87.9 Å². The second-order valence-corrected chi connectivity index (χ2v) is 10.7. The monoisotopic (exact) mass is 503 g/mol. The average molecular weight is 504 g/mol. The molecular formula is C31H34ClNO3. The zero-order valence-electron chi connectivity index (χ0n) is 21.3. The standard InChI is InChI=1S/C31H34ClNO3/c1-20(2)22-10-14-26(15-11-22)33-30(34)17-24-16-28(35-3)29(36-19-21-6-4-5-7-21)18-27(24)31(33)23-8-12-25(32)13-9-23/h8-16,18,20-21,31H,4-7,17,19H2,1-3H3. The first kappa shape index (κ1) is 24.7. The Balaban J connectivity index is 1.59. The summed E-state index contributed by atoms with van der Waals surface area (Å²) in [5, 5.41) is 0.671. The van der Waals surface area contributed by atoms with Crippen LogP contribution in [0.5, 0.6) is 11.5 Å². The molecule has 3 aromatic rings. The molecule has 0 bridgehead atoms. The molecular weight excluding hydrogens is 470 g/mol. The van der Waals surface area contributed by atoms with Gasteiger partial charge in [-0.1, -0.05) is 62.6 Å². The third kappa shape index (κ3) is 4.97. The molecule has 0 radical (unpaired) electrons. The normalized spacial score (nSPS) is 18.0. The third-order valence-electron chi connectivity index (χ3n) is 7.56. The van der Waals surface area contributed by atoms with Crippen molar-refractivity contribution in [2.45, 2.75) is 57.9 Å². The fraction of sp³-hybridized carbons (Fsp3) is 0.387. The Labute approximate surface area is 219 Å². The van der Waals surface area contributed by atoms with Crippen LogP contribution in [-0.4, -0.2) is 19.6 Å². The number of halogens is 1. The van der Waals surface area contributed by atoms with Crippen molar-refractivity contribution in [3.63, 3.8) is 0 Å². The van der Waals surface area contributed by atoms with Crippen molar-refractivity contribution in [1.82, 2.24) is 0 Å². The molecule has 4 nitrogen and oxygen atoms in total. The van der Waals surface area contributed by atoms with Crippen LogP contribution in [-0.2, 0) is 11.2 Å². The summed E-state index contributed by atoms with van der Waals surface area (Å²) in [6, 6.07) is 19.9. The van der Waals surface area contributed by atoms with Gasteiger partial charge in [-0.15, -0.1) is 0 Å². The van der Waals surface area contributed by atoms with Crippen LogP contribution >= 0.6 is 11.6 Å². The minimum atomic E-state index is -0.289. The second kappa shape index (κ2) is 10.6. The van der Waals surface area contributed by atoms with Crippen LogP contribution in [0.15, 0.2) is 60.7 Å². The molecule has 0 saturated heterocycles. The highest BCUT2D eigenvalue weighted by atomic mass is 35.5. The van der Waals surface area contributed by atoms with Gasteiger partial charge in [0.05, 0.1) is 26.2 Å². The van der Waals surface area contributed by atoms with Crippen molar-refractivity contribution in [1.29, 1.82) is 0 Å². The molecule has 5 heteroatoms. The van der Waals surface area contributed by atoms with E-state index in [1.165, 1.54) is 31.2 Å². The highest BCUT2D eigenvalue weighted by molar-refractivity contribution is 6.30. The number of ether oxygens (including phenoxy) is 2. The lowest BCUT2D eigenvalue weighted by atomic mass is 9.86. The number of nitrogens with zero attached hydrogens (tertiary/aromatic N) is 1. The summed E-state index contributed by atoms with van der Waals surface area (Å²) in [6.07, 6.45) is 5.30. The van der Waals surface area contributed by atoms with E-state index in [1.807, 2.05) is 35.2 Å². The molecule has 1 heterocycles. The molecule has 1 saturated carbocycles. The molecule has 1 amide bonds. The molecule has 1 unspecified atom stereocenters. The van der Waals surface area contributed by atoms with Gasteiger partial charge in [0, 0.05) is 10.7 Å². The van der Waals surface area contributed by atoms with Gasteiger partial charge in [-0.2, -0.15) is 0 Å². The summed E-state index contributed by atoms with van der Waals surface area (Å²) in [7, 11) is 1.66. The largest absolute Gasteiger partial charge is 0.493 e. The number of rotatable bonds is 7. The van der Waals surface area contributed by atoms with Gasteiger partial charge in [0.1, 0.15) is 0 Å². The first-order valence-electron chi connectivity index (χ1n) is 13.0. The molecule has 36 heavy (non-hydrogen) atoms. The summed E-state index contributed by atoms with van der Waals surface area (Å²) in [6.45, 7) is 5.04. The molecule has 188 valence electrons. The zero-order chi connectivity index (χ0) is 25.2. The minimum Gasteiger partial charge on any atom is -0.493 e. The lowest BCUT2D eigenvalue weighted by Gasteiger charge is -2.38. The maximum Gasteiger partial charge on any atom is 0.232 e. The molecule has 1 fully saturated rings. The Morgan fingerprint density at radius 2 is 1.67 bits per heavy atom. The topological polar surface area (TPSA) is 38.8 Å². The summed E-state index contributed by atoms with van der Waals surface area (Å²) in [5.74, 6) is 2.50. The number of methoxy groups -OCH3 is 1. The van der Waals surface area contributed by atoms with Crippen LogP contribution in [0.2, 0.25) is 5.02 Å². The van der Waals surface area contributed by atoms with E-state index in [9.17, 15) is 4.79 Å². The van der Waals surface area contributed by atoms with Gasteiger partial charge in [-0.25, -0.2) is 0 Å². The van der Waals surface area contributed by atoms with Crippen LogP contribution in [0.25, 0.3) is 0 Å². The second-order valence-electron chi connectivity index (χ2n) is 10.3. The van der Waals surface area contributed by atoms with E-state index >= 15 is 0 Å². The Morgan fingerprint density at radius 1 is 0.972 bits per heavy atom. The van der Waals surface area contributed by atoms with E-state index in [2.05, 4.69) is 44.2 Å². The van der Waals surface area contributed by atoms with Crippen molar-refractivity contribution >= 4 is 23.2 Å². The summed E-state index contributed by atoms with van der Waals surface area (Å²) in [5.41, 5.74) is 5.18. The lowest BCUT2D eigenvalue weighted by Crippen LogP contribution is -2.41. The van der Waals surface area contributed by atoms with Crippen LogP contribution in [0, 0.1) is 5.92 Å². The quantitative estimate of drug-likeness (QED) is 0.331. The number of amides is 1. The summed E-state index contributed by atoms with van der Waals surface area (Å²) in [4.78, 5) is 15.6. The van der Waals surface area contributed by atoms with Gasteiger partial charge in [0.25, 0.3) is 0 Å². The zero-order valence-corrected chi connectivity index (χ0v) is 22.1. The van der Waals surface area contributed by atoms with Crippen LogP contribution in [0.3, 0.4) is 0 Å². The Hall–Kier alpha value is -2.98. The first-order chi connectivity index (χ1) is 17.4. The molecule has 0 aromatic heterocycles. The van der Waals surface area contributed by atoms with Crippen molar-refractivity contribution in [2.75, 3.05) is 18.6 Å². The van der Waals surface area contributed by atoms with E-state index < -0.39 is 0 Å². The molecule has 1 aliphatic carbocycles. The van der Waals surface area contributed by atoms with E-state index in [1.54, 1.807) is 7.11 Å². The maximum atomic E-state index is 13.6. The molecule has 5 rings (SSSR count). The van der Waals surface area contributed by atoms with Crippen LogP contribution in [0.1, 0.15) is 73.7 Å². The smallest absolute Gasteiger partial charge is 0.232 e. The lowest BCUT2D eigenvalue weighted by molar-refractivity contribution is -0.118. The van der Waals surface area contributed by atoms with Gasteiger partial charge in [-0.3, -0.25) is 4.79 Å². The van der Waals surface area contributed by atoms with Crippen LogP contribution < -0.4 is 14.4 Å². The maximum absolute atomic E-state index is 13.6. The van der Waals surface area contributed by atoms with E-state index in [0.29, 0.717) is 35.6 Å². The predicted molar refractivity (Wildman–Crippen MR) is 145 cm³/mol. The molecule has 3 aromatic carbocycles. The Morgan fingerprint density at radius 3 is 2.31 bits per heavy atom. The molecule has 1 atom stereocenters. The summed E-state index contributed by atoms with van der Waals surface area (Å²) >= 11 is 6.23. The highest BCUT2D eigenvalue weighted by Gasteiger charge is 2.36. The van der Waals surface area contributed by atoms with E-state index in [0.717, 1.165) is 28.1 Å². The number of benzene rings is 3. The highest BCUT2D eigenvalue weighted by Crippen LogP contribution is 2.44. The minimum absolute atomic E-state index is 0.0569. The van der Waals surface area contributed by atoms with E-state index in [-0.39, 0.29) is 11.9 Å². The van der Waals surface area contributed by atoms with Crippen molar-refractivity contribution < 1.29 is 14.3 Å². The number of fused-ring (bicyclic) bond motifs is 1. The van der Waals surface area contributed by atoms with E-state index in [4.69, 9.17) is 21.1 Å². The van der Waals surface area contributed by atoms with Crippen LogP contribution in [0.4, 0.5) is 5.69 Å². The van der Waals surface area contributed by atoms with Crippen molar-refractivity contribution in [2.24, 2.45) is 5.92 Å². The van der Waals surface area contributed by atoms with Gasteiger partial charge < -0.3 is 14.4 Å². The Bertz CT molecular complexity index is 1210. The fourth-order valence-electron chi connectivity index (χ4n) is 5.50. The number of hydrogen-bond acceptors (Lipinski definition) is 3. The summed E-state index contributed by atoms with van der Waals surface area (Å²) < 4.78 is 12.0. The first-order valence-corrected chi connectivity index (χ1v) is 13.3. The van der Waals surface area contributed by atoms with Gasteiger partial charge in [0.15, 0.2) is 11.5 Å². The van der Waals surface area contributed by atoms with Crippen molar-refractivity contribution in [3.8, 4) is 11.5 Å². The third-order valence-corrected chi connectivity index (χ3v) is 7.81. The number of carbonyl (C=O) groups is 1. The van der Waals surface area contributed by atoms with Gasteiger partial charge >= 0.3 is 0 Å². The Kier molecular flexibility index (Phi) is 7.25. The molecule has 0 spiro atoms. The number of hydrogen-bond donors (Lipinski definition) is 0. The average Bonchev–Trinajstić information content (AvgIpc) is 3.41. The number of anilines is 1. The van der Waals surface area contributed by atoms with Gasteiger partial charge in [0.2, 0.25) is 5.91 Å². The fourth-order valence-corrected chi connectivity index (χ4v) is 5.63. The molecule has 2 aliphatic rings. The SMILES string of the molecule is COc1cc2c(cc1OCC1CCCC1)C(c1ccc(Cl)cc1)N(c1ccc(C(C)C)cc1)C(=O)C2. The molecule has 0 N–H and O–H groups in total. The molecule has 1 aliphatic heterocycles. The van der Waals surface area contributed by atoms with Gasteiger partial charge in [-0.05, 0) is 83.3 Å². The predicted octanol–water partition coefficient (Wildman–Crippen LogP) is 7.72.